The van der Waals surface area contributed by atoms with Crippen molar-refractivity contribution in [3.05, 3.63) is 64.3 Å². The number of nitriles is 1. The van der Waals surface area contributed by atoms with E-state index < -0.39 is 72.7 Å². The van der Waals surface area contributed by atoms with Crippen LogP contribution in [0.5, 0.6) is 0 Å². The number of benzene rings is 2. The number of nitrogens with zero attached hydrogens (tertiary/aromatic N) is 5. The Hall–Kier alpha value is -4.00. The molecule has 2 aliphatic rings. The summed E-state index contributed by atoms with van der Waals surface area (Å²) in [6, 6.07) is 6.21. The molecule has 2 aromatic carbocycles. The van der Waals surface area contributed by atoms with Crippen LogP contribution in [0.1, 0.15) is 43.4 Å². The van der Waals surface area contributed by atoms with Gasteiger partial charge in [-0.1, -0.05) is 16.8 Å². The van der Waals surface area contributed by atoms with Crippen LogP contribution in [-0.2, 0) is 19.1 Å². The molecule has 2 heterocycles. The minimum Gasteiger partial charge on any atom is -0.457 e. The molecule has 5 unspecified atom stereocenters. The molecule has 3 N–H and O–H groups in total. The molecule has 0 radical (unpaired) electrons. The minimum atomic E-state index is -1.67. The molecule has 5 rings (SSSR count). The Balaban J connectivity index is 1.60. The van der Waals surface area contributed by atoms with Crippen molar-refractivity contribution in [2.24, 2.45) is 0 Å². The fourth-order valence-electron chi connectivity index (χ4n) is 5.89. The van der Waals surface area contributed by atoms with E-state index in [1.807, 2.05) is 6.07 Å². The van der Waals surface area contributed by atoms with Crippen molar-refractivity contribution >= 4 is 29.2 Å². The number of hydrogen-bond donors (Lipinski definition) is 3. The summed E-state index contributed by atoms with van der Waals surface area (Å²) in [4.78, 5) is 28.1. The monoisotopic (exact) mass is 645 g/mol. The molecule has 3 aromatic rings. The van der Waals surface area contributed by atoms with Crippen molar-refractivity contribution < 1.29 is 43.2 Å². The van der Waals surface area contributed by atoms with Crippen LogP contribution in [0, 0.1) is 29.9 Å². The third-order valence-electron chi connectivity index (χ3n) is 8.11. The van der Waals surface area contributed by atoms with Gasteiger partial charge in [0.05, 0.1) is 36.6 Å². The largest absolute Gasteiger partial charge is 0.457 e. The number of ether oxygens (including phenoxy) is 2. The molecule has 1 aliphatic heterocycles. The molecule has 12 nitrogen and oxygen atoms in total. The van der Waals surface area contributed by atoms with Gasteiger partial charge in [-0.3, -0.25) is 9.59 Å². The number of amides is 1. The van der Waals surface area contributed by atoms with Crippen LogP contribution in [0.15, 0.2) is 36.5 Å². The van der Waals surface area contributed by atoms with Crippen LogP contribution in [-0.4, -0.2) is 85.4 Å². The number of aliphatic hydroxyl groups is 3. The Morgan fingerprint density at radius 2 is 1.91 bits per heavy atom. The zero-order valence-corrected chi connectivity index (χ0v) is 24.9. The maximum absolute atomic E-state index is 14.5. The van der Waals surface area contributed by atoms with Crippen LogP contribution in [0.2, 0.25) is 5.02 Å². The van der Waals surface area contributed by atoms with E-state index in [1.165, 1.54) is 36.2 Å². The smallest absolute Gasteiger partial charge is 0.303 e. The van der Waals surface area contributed by atoms with Crippen molar-refractivity contribution in [3.63, 3.8) is 0 Å². The highest BCUT2D eigenvalue weighted by atomic mass is 35.5. The molecule has 15 heteroatoms. The first-order valence-electron chi connectivity index (χ1n) is 14.1. The van der Waals surface area contributed by atoms with Gasteiger partial charge in [-0.25, -0.2) is 13.5 Å². The second-order valence-electron chi connectivity index (χ2n) is 11.1. The van der Waals surface area contributed by atoms with Gasteiger partial charge in [0.15, 0.2) is 12.2 Å². The zero-order chi connectivity index (χ0) is 32.6. The van der Waals surface area contributed by atoms with Crippen molar-refractivity contribution in [1.82, 2.24) is 15.0 Å². The predicted octanol–water partition coefficient (Wildman–Crippen LogP) is 2.60. The van der Waals surface area contributed by atoms with Crippen LogP contribution >= 0.6 is 11.6 Å². The van der Waals surface area contributed by atoms with Crippen molar-refractivity contribution in [3.8, 4) is 17.3 Å². The first kappa shape index (κ1) is 32.4. The number of anilines is 1. The summed E-state index contributed by atoms with van der Waals surface area (Å²) >= 11 is 6.27. The highest BCUT2D eigenvalue weighted by Crippen LogP contribution is 2.38. The normalized spacial score (nSPS) is 26.3. The Morgan fingerprint density at radius 3 is 2.51 bits per heavy atom. The summed E-state index contributed by atoms with van der Waals surface area (Å²) in [6.07, 6.45) is -4.56. The van der Waals surface area contributed by atoms with Gasteiger partial charge < -0.3 is 29.7 Å². The highest BCUT2D eigenvalue weighted by molar-refractivity contribution is 6.31. The summed E-state index contributed by atoms with van der Waals surface area (Å²) in [5.41, 5.74) is 0.176. The summed E-state index contributed by atoms with van der Waals surface area (Å²) in [5, 5.41) is 49.9. The minimum absolute atomic E-state index is 0.00940. The number of halogens is 3. The molecule has 1 saturated carbocycles. The first-order chi connectivity index (χ1) is 21.4. The molecule has 45 heavy (non-hydrogen) atoms. The maximum Gasteiger partial charge on any atom is 0.303 e. The molecule has 238 valence electrons. The summed E-state index contributed by atoms with van der Waals surface area (Å²) < 4.78 is 41.2. The van der Waals surface area contributed by atoms with Crippen LogP contribution in [0.4, 0.5) is 14.5 Å². The fourth-order valence-corrected chi connectivity index (χ4v) is 6.12. The lowest BCUT2D eigenvalue weighted by Crippen LogP contribution is -2.63. The van der Waals surface area contributed by atoms with Gasteiger partial charge in [0, 0.05) is 28.8 Å². The number of carbonyl (C=O) groups excluding carboxylic acids is 2. The Labute approximate surface area is 261 Å². The summed E-state index contributed by atoms with van der Waals surface area (Å²) in [7, 11) is 0. The Kier molecular flexibility index (Phi) is 9.47. The molecular weight excluding hydrogens is 616 g/mol. The lowest BCUT2D eigenvalue weighted by molar-refractivity contribution is -0.216. The van der Waals surface area contributed by atoms with Gasteiger partial charge in [0.1, 0.15) is 35.6 Å². The number of esters is 1. The summed E-state index contributed by atoms with van der Waals surface area (Å²) in [6.45, 7) is 1.60. The zero-order valence-electron chi connectivity index (χ0n) is 24.2. The second kappa shape index (κ2) is 13.2. The van der Waals surface area contributed by atoms with Gasteiger partial charge >= 0.3 is 5.97 Å². The van der Waals surface area contributed by atoms with Gasteiger partial charge in [0.2, 0.25) is 0 Å². The molecule has 1 amide bonds. The predicted molar refractivity (Wildman–Crippen MR) is 154 cm³/mol. The molecule has 0 spiro atoms. The lowest BCUT2D eigenvalue weighted by Gasteiger charge is -2.45. The van der Waals surface area contributed by atoms with E-state index in [0.717, 1.165) is 23.7 Å². The molecule has 7 atom stereocenters. The SMILES string of the molecule is CC(=O)OC1C(C(=O)N(c2cc(Cl)cc(C#N)c2)[C@H]2CCC[C@@H]2O)OC(CO)C(O)C1n1cc(-c2cc(F)c(C)c(F)c2)nn1. The molecule has 0 bridgehead atoms. The second-order valence-corrected chi connectivity index (χ2v) is 11.5. The van der Waals surface area contributed by atoms with E-state index in [1.54, 1.807) is 0 Å². The van der Waals surface area contributed by atoms with E-state index in [-0.39, 0.29) is 33.1 Å². The third-order valence-corrected chi connectivity index (χ3v) is 8.33. The average Bonchev–Trinajstić information content (AvgIpc) is 3.65. The molecule has 1 saturated heterocycles. The van der Waals surface area contributed by atoms with Crippen LogP contribution < -0.4 is 4.90 Å². The number of hydrogen-bond acceptors (Lipinski definition) is 10. The average molecular weight is 646 g/mol. The highest BCUT2D eigenvalue weighted by Gasteiger charge is 2.53. The van der Waals surface area contributed by atoms with E-state index in [0.29, 0.717) is 19.3 Å². The van der Waals surface area contributed by atoms with Gasteiger partial charge in [-0.15, -0.1) is 5.10 Å². The van der Waals surface area contributed by atoms with Crippen molar-refractivity contribution in [2.45, 2.75) is 75.7 Å². The fraction of sp³-hybridized carbons (Fsp3) is 0.433. The number of carbonyl (C=O) groups is 2. The maximum atomic E-state index is 14.5. The Bertz CT molecular complexity index is 1630. The van der Waals surface area contributed by atoms with E-state index >= 15 is 0 Å². The number of rotatable bonds is 7. The molecule has 2 fully saturated rings. The van der Waals surface area contributed by atoms with E-state index in [2.05, 4.69) is 10.3 Å². The van der Waals surface area contributed by atoms with E-state index in [4.69, 9.17) is 21.1 Å². The first-order valence-corrected chi connectivity index (χ1v) is 14.5. The molecule has 1 aromatic heterocycles. The van der Waals surface area contributed by atoms with Crippen molar-refractivity contribution in [2.75, 3.05) is 11.5 Å². The van der Waals surface area contributed by atoms with Crippen molar-refractivity contribution in [1.29, 1.82) is 5.26 Å². The van der Waals surface area contributed by atoms with Crippen LogP contribution in [0.25, 0.3) is 11.3 Å². The van der Waals surface area contributed by atoms with Gasteiger partial charge in [0.25, 0.3) is 5.91 Å². The van der Waals surface area contributed by atoms with Crippen LogP contribution in [0.3, 0.4) is 0 Å². The lowest BCUT2D eigenvalue weighted by atomic mass is 9.91. The topological polar surface area (TPSA) is 171 Å². The molecular formula is C30H30ClF2N5O7. The van der Waals surface area contributed by atoms with E-state index in [9.17, 15) is 39.0 Å². The third kappa shape index (κ3) is 6.40. The summed E-state index contributed by atoms with van der Waals surface area (Å²) in [5.74, 6) is -3.28. The standard InChI is InChI=1S/C30H30ClF2N5O7/c1-14-20(32)8-17(9-21(14)33)22-12-37(36-35-22)26-27(42)25(13-39)45-29(28(26)44-15(2)40)30(43)38(23-4-3-5-24(23)41)19-7-16(11-34)6-18(31)10-19/h6-10,12,23-29,39,41-42H,3-5,13H2,1-2H3/t23-,24-,25?,26?,27?,28?,29?/m0/s1. The Morgan fingerprint density at radius 1 is 1.20 bits per heavy atom. The van der Waals surface area contributed by atoms with Gasteiger partial charge in [-0.2, -0.15) is 5.26 Å². The number of aliphatic hydroxyl groups excluding tert-OH is 3. The number of aromatic nitrogens is 3. The van der Waals surface area contributed by atoms with Gasteiger partial charge in [-0.05, 0) is 56.5 Å². The quantitative estimate of drug-likeness (QED) is 0.325. The molecule has 1 aliphatic carbocycles.